The summed E-state index contributed by atoms with van der Waals surface area (Å²) in [6.07, 6.45) is 1.30. The average molecular weight is 452 g/mol. The van der Waals surface area contributed by atoms with Crippen LogP contribution in [0.5, 0.6) is 5.75 Å². The van der Waals surface area contributed by atoms with E-state index in [0.717, 1.165) is 4.90 Å². The molecule has 3 rings (SSSR count). The Bertz CT molecular complexity index is 855. The molecular weight excluding hydrogens is 439 g/mol. The number of hydrogen-bond acceptors (Lipinski definition) is 6. The fraction of sp³-hybridized carbons (Fsp3) is 0.312. The zero-order chi connectivity index (χ0) is 19.7. The highest BCUT2D eigenvalue weighted by Crippen LogP contribution is 2.42. The van der Waals surface area contributed by atoms with Crippen molar-refractivity contribution in [3.05, 3.63) is 31.6 Å². The summed E-state index contributed by atoms with van der Waals surface area (Å²) in [5.41, 5.74) is 0.158. The molecule has 0 aliphatic carbocycles. The number of morpholine rings is 1. The van der Waals surface area contributed by atoms with Crippen LogP contribution in [0.25, 0.3) is 6.08 Å². The van der Waals surface area contributed by atoms with Gasteiger partial charge in [0.1, 0.15) is 6.54 Å². The van der Waals surface area contributed by atoms with Gasteiger partial charge in [-0.25, -0.2) is 0 Å². The molecule has 0 aromatic heterocycles. The maximum Gasteiger partial charge on any atom is 0.294 e. The Labute approximate surface area is 173 Å². The predicted octanol–water partition coefficient (Wildman–Crippen LogP) is 3.25. The van der Waals surface area contributed by atoms with Crippen molar-refractivity contribution in [2.45, 2.75) is 0 Å². The first-order valence-electron chi connectivity index (χ1n) is 7.77. The largest absolute Gasteiger partial charge is 0.505 e. The number of carbonyl (C=O) groups excluding carboxylic acids is 3. The van der Waals surface area contributed by atoms with Gasteiger partial charge in [0, 0.05) is 18.7 Å². The lowest BCUT2D eigenvalue weighted by atomic mass is 10.2. The first kappa shape index (κ1) is 20.3. The van der Waals surface area contributed by atoms with Crippen molar-refractivity contribution in [3.63, 3.8) is 0 Å². The minimum atomic E-state index is -0.631. The van der Waals surface area contributed by atoms with E-state index < -0.39 is 11.1 Å². The van der Waals surface area contributed by atoms with Gasteiger partial charge in [-0.3, -0.25) is 19.3 Å². The minimum absolute atomic E-state index is 0.0358. The van der Waals surface area contributed by atoms with Gasteiger partial charge in [0.25, 0.3) is 11.1 Å². The third kappa shape index (κ3) is 4.20. The quantitative estimate of drug-likeness (QED) is 0.710. The van der Waals surface area contributed by atoms with E-state index in [-0.39, 0.29) is 43.7 Å². The van der Waals surface area contributed by atoms with Crippen molar-refractivity contribution >= 4 is 69.7 Å². The third-order valence-electron chi connectivity index (χ3n) is 3.99. The number of rotatable bonds is 3. The molecule has 27 heavy (non-hydrogen) atoms. The molecule has 2 fully saturated rings. The summed E-state index contributed by atoms with van der Waals surface area (Å²) in [5, 5.41) is 9.21. The molecular formula is C16H13Cl3N2O5S. The number of thioether (sulfide) groups is 1. The predicted molar refractivity (Wildman–Crippen MR) is 103 cm³/mol. The van der Waals surface area contributed by atoms with E-state index in [2.05, 4.69) is 0 Å². The zero-order valence-corrected chi connectivity index (χ0v) is 16.8. The summed E-state index contributed by atoms with van der Waals surface area (Å²) in [6, 6.07) is 1.28. The van der Waals surface area contributed by atoms with Crippen molar-refractivity contribution < 1.29 is 24.2 Å². The maximum absolute atomic E-state index is 12.6. The second-order valence-electron chi connectivity index (χ2n) is 5.68. The van der Waals surface area contributed by atoms with Gasteiger partial charge in [-0.15, -0.1) is 0 Å². The number of phenols is 1. The van der Waals surface area contributed by atoms with Crippen molar-refractivity contribution in [1.29, 1.82) is 0 Å². The summed E-state index contributed by atoms with van der Waals surface area (Å²) < 4.78 is 5.18. The van der Waals surface area contributed by atoms with E-state index >= 15 is 0 Å². The van der Waals surface area contributed by atoms with E-state index in [1.54, 1.807) is 4.90 Å². The van der Waals surface area contributed by atoms with Crippen LogP contribution in [-0.2, 0) is 14.3 Å². The topological polar surface area (TPSA) is 87.2 Å². The summed E-state index contributed by atoms with van der Waals surface area (Å²) in [5.74, 6) is -1.34. The molecule has 0 spiro atoms. The molecule has 0 saturated carbocycles. The molecule has 3 amide bonds. The Morgan fingerprint density at radius 2 is 1.89 bits per heavy atom. The lowest BCUT2D eigenvalue weighted by molar-refractivity contribution is -0.139. The van der Waals surface area contributed by atoms with Crippen molar-refractivity contribution in [2.75, 3.05) is 32.8 Å². The maximum atomic E-state index is 12.6. The highest BCUT2D eigenvalue weighted by molar-refractivity contribution is 8.18. The molecule has 1 aromatic rings. The Morgan fingerprint density at radius 1 is 1.22 bits per heavy atom. The number of aromatic hydroxyl groups is 1. The molecule has 11 heteroatoms. The van der Waals surface area contributed by atoms with E-state index in [0.29, 0.717) is 38.1 Å². The lowest BCUT2D eigenvalue weighted by Gasteiger charge is -2.28. The normalized spacial score (nSPS) is 19.3. The molecule has 0 unspecified atom stereocenters. The Kier molecular flexibility index (Phi) is 6.22. The molecule has 1 N–H and O–H groups in total. The molecule has 144 valence electrons. The molecule has 1 aromatic carbocycles. The average Bonchev–Trinajstić information content (AvgIpc) is 2.91. The molecule has 7 nitrogen and oxygen atoms in total. The summed E-state index contributed by atoms with van der Waals surface area (Å²) in [6.45, 7) is 1.32. The summed E-state index contributed by atoms with van der Waals surface area (Å²) in [4.78, 5) is 39.5. The number of imide groups is 1. The third-order valence-corrected chi connectivity index (χ3v) is 5.88. The molecule has 2 aliphatic heterocycles. The molecule has 0 radical (unpaired) electrons. The molecule has 2 heterocycles. The van der Waals surface area contributed by atoms with Crippen LogP contribution < -0.4 is 0 Å². The van der Waals surface area contributed by atoms with Crippen molar-refractivity contribution in [2.24, 2.45) is 0 Å². The van der Waals surface area contributed by atoms with Gasteiger partial charge in [0.2, 0.25) is 5.91 Å². The number of carbonyl (C=O) groups is 3. The minimum Gasteiger partial charge on any atom is -0.505 e. The number of nitrogens with zero attached hydrogens (tertiary/aromatic N) is 2. The van der Waals surface area contributed by atoms with Crippen LogP contribution in [0.2, 0.25) is 15.1 Å². The van der Waals surface area contributed by atoms with Gasteiger partial charge in [0.15, 0.2) is 5.75 Å². The van der Waals surface area contributed by atoms with E-state index in [4.69, 9.17) is 39.5 Å². The van der Waals surface area contributed by atoms with Gasteiger partial charge < -0.3 is 14.7 Å². The molecule has 0 atom stereocenters. The van der Waals surface area contributed by atoms with Crippen molar-refractivity contribution in [3.8, 4) is 5.75 Å². The Morgan fingerprint density at radius 3 is 2.56 bits per heavy atom. The van der Waals surface area contributed by atoms with Crippen LogP contribution in [0.3, 0.4) is 0 Å². The van der Waals surface area contributed by atoms with E-state index in [9.17, 15) is 19.5 Å². The Hall–Kier alpha value is -1.45. The fourth-order valence-corrected chi connectivity index (χ4v) is 4.23. The monoisotopic (exact) mass is 450 g/mol. The van der Waals surface area contributed by atoms with Gasteiger partial charge in [-0.1, -0.05) is 34.8 Å². The van der Waals surface area contributed by atoms with Crippen LogP contribution in [0, 0.1) is 0 Å². The van der Waals surface area contributed by atoms with Gasteiger partial charge in [-0.05, 0) is 23.9 Å². The van der Waals surface area contributed by atoms with Crippen LogP contribution in [0.15, 0.2) is 11.0 Å². The molecule has 2 saturated heterocycles. The fourth-order valence-electron chi connectivity index (χ4n) is 2.54. The lowest BCUT2D eigenvalue weighted by Crippen LogP contribution is -2.46. The molecule has 2 aliphatic rings. The SMILES string of the molecule is O=C(CN1C(=O)S/C(=C\c2c(Cl)cc(Cl)c(O)c2Cl)C1=O)N1CCOCC1. The molecule has 0 bridgehead atoms. The van der Waals surface area contributed by atoms with Crippen LogP contribution in [0.4, 0.5) is 4.79 Å². The van der Waals surface area contributed by atoms with Crippen LogP contribution in [0.1, 0.15) is 5.56 Å². The summed E-state index contributed by atoms with van der Waals surface area (Å²) in [7, 11) is 0. The number of phenolic OH excluding ortho intramolecular Hbond substituents is 1. The first-order valence-corrected chi connectivity index (χ1v) is 9.72. The van der Waals surface area contributed by atoms with Gasteiger partial charge in [-0.2, -0.15) is 0 Å². The van der Waals surface area contributed by atoms with Crippen molar-refractivity contribution in [1.82, 2.24) is 9.80 Å². The number of ether oxygens (including phenoxy) is 1. The van der Waals surface area contributed by atoms with E-state index in [1.807, 2.05) is 0 Å². The first-order chi connectivity index (χ1) is 12.8. The number of halogens is 3. The number of amides is 3. The van der Waals surface area contributed by atoms with Gasteiger partial charge in [0.05, 0.1) is 33.2 Å². The van der Waals surface area contributed by atoms with E-state index in [1.165, 1.54) is 12.1 Å². The van der Waals surface area contributed by atoms with Crippen LogP contribution in [-0.4, -0.2) is 64.8 Å². The summed E-state index contributed by atoms with van der Waals surface area (Å²) >= 11 is 18.6. The van der Waals surface area contributed by atoms with Crippen LogP contribution >= 0.6 is 46.6 Å². The Balaban J connectivity index is 1.81. The highest BCUT2D eigenvalue weighted by atomic mass is 35.5. The number of benzene rings is 1. The van der Waals surface area contributed by atoms with Gasteiger partial charge >= 0.3 is 0 Å². The zero-order valence-electron chi connectivity index (χ0n) is 13.7. The smallest absolute Gasteiger partial charge is 0.294 e. The number of hydrogen-bond donors (Lipinski definition) is 1. The standard InChI is InChI=1S/C16H13Cl3N2O5S/c17-9-6-10(18)14(23)13(19)8(9)5-11-15(24)21(16(25)27-11)7-12(22)20-1-3-26-4-2-20/h5-6,23H,1-4,7H2/b11-5-. The second-order valence-corrected chi connectivity index (χ2v) is 7.86. The second kappa shape index (κ2) is 8.28. The highest BCUT2D eigenvalue weighted by Gasteiger charge is 2.37.